The molecule has 6 heteroatoms. The Morgan fingerprint density at radius 2 is 1.95 bits per heavy atom. The van der Waals surface area contributed by atoms with Crippen LogP contribution in [0.4, 0.5) is 5.69 Å². The average molecular weight is 298 g/mol. The van der Waals surface area contributed by atoms with Gasteiger partial charge in [-0.25, -0.2) is 8.42 Å². The standard InChI is InChI=1S/C14H22N2O3S/c1-20(17,18)13-7-5-6-12(14(13)15)19-11-10-16-8-3-2-4-9-16/h5-7H,2-4,8-11,15H2,1H3. The molecule has 1 aliphatic rings. The molecule has 1 fully saturated rings. The largest absolute Gasteiger partial charge is 0.490 e. The number of hydrogen-bond donors (Lipinski definition) is 1. The molecule has 0 atom stereocenters. The Bertz CT molecular complexity index is 552. The molecule has 5 nitrogen and oxygen atoms in total. The lowest BCUT2D eigenvalue weighted by Crippen LogP contribution is -2.33. The van der Waals surface area contributed by atoms with E-state index in [9.17, 15) is 8.42 Å². The van der Waals surface area contributed by atoms with E-state index in [1.54, 1.807) is 12.1 Å². The summed E-state index contributed by atoms with van der Waals surface area (Å²) in [5.74, 6) is 0.449. The number of para-hydroxylation sites is 1. The zero-order chi connectivity index (χ0) is 14.6. The summed E-state index contributed by atoms with van der Waals surface area (Å²) in [6.07, 6.45) is 4.94. The van der Waals surface area contributed by atoms with E-state index in [0.29, 0.717) is 12.4 Å². The van der Waals surface area contributed by atoms with Crippen LogP contribution in [0.1, 0.15) is 19.3 Å². The summed E-state index contributed by atoms with van der Waals surface area (Å²) in [6, 6.07) is 4.87. The van der Waals surface area contributed by atoms with Gasteiger partial charge in [0.1, 0.15) is 12.4 Å². The van der Waals surface area contributed by atoms with Crippen molar-refractivity contribution in [2.24, 2.45) is 0 Å². The summed E-state index contributed by atoms with van der Waals surface area (Å²) in [5.41, 5.74) is 6.07. The predicted octanol–water partition coefficient (Wildman–Crippen LogP) is 1.54. The van der Waals surface area contributed by atoms with Crippen molar-refractivity contribution in [1.82, 2.24) is 4.90 Å². The Labute approximate surface area is 120 Å². The van der Waals surface area contributed by atoms with Crippen molar-refractivity contribution in [3.63, 3.8) is 0 Å². The first-order valence-electron chi connectivity index (χ1n) is 6.92. The van der Waals surface area contributed by atoms with E-state index < -0.39 is 9.84 Å². The predicted molar refractivity (Wildman–Crippen MR) is 79.8 cm³/mol. The molecule has 2 rings (SSSR count). The van der Waals surface area contributed by atoms with Crippen molar-refractivity contribution in [1.29, 1.82) is 0 Å². The van der Waals surface area contributed by atoms with Crippen LogP contribution in [0.15, 0.2) is 23.1 Å². The number of benzene rings is 1. The molecule has 20 heavy (non-hydrogen) atoms. The number of nitrogen functional groups attached to an aromatic ring is 1. The minimum atomic E-state index is -3.32. The first-order chi connectivity index (χ1) is 9.48. The summed E-state index contributed by atoms with van der Waals surface area (Å²) >= 11 is 0. The molecule has 0 radical (unpaired) electrons. The molecule has 1 aromatic rings. The highest BCUT2D eigenvalue weighted by atomic mass is 32.2. The second-order valence-electron chi connectivity index (χ2n) is 5.19. The number of sulfone groups is 1. The molecule has 1 saturated heterocycles. The van der Waals surface area contributed by atoms with E-state index in [1.807, 2.05) is 0 Å². The van der Waals surface area contributed by atoms with Gasteiger partial charge in [0.25, 0.3) is 0 Å². The van der Waals surface area contributed by atoms with Crippen LogP contribution in [0.2, 0.25) is 0 Å². The molecule has 0 amide bonds. The molecule has 0 saturated carbocycles. The Kier molecular flexibility index (Phi) is 4.88. The molecule has 2 N–H and O–H groups in total. The summed E-state index contributed by atoms with van der Waals surface area (Å²) in [6.45, 7) is 3.60. The SMILES string of the molecule is CS(=O)(=O)c1cccc(OCCN2CCCCC2)c1N. The zero-order valence-corrected chi connectivity index (χ0v) is 12.7. The molecule has 112 valence electrons. The van der Waals surface area contributed by atoms with E-state index >= 15 is 0 Å². The second-order valence-corrected chi connectivity index (χ2v) is 7.18. The van der Waals surface area contributed by atoms with Crippen LogP contribution < -0.4 is 10.5 Å². The number of ether oxygens (including phenoxy) is 1. The Morgan fingerprint density at radius 1 is 1.25 bits per heavy atom. The lowest BCUT2D eigenvalue weighted by Gasteiger charge is -2.26. The van der Waals surface area contributed by atoms with Crippen LogP contribution in [-0.2, 0) is 9.84 Å². The number of nitrogens with two attached hydrogens (primary N) is 1. The quantitative estimate of drug-likeness (QED) is 0.835. The van der Waals surface area contributed by atoms with E-state index in [-0.39, 0.29) is 10.6 Å². The first-order valence-corrected chi connectivity index (χ1v) is 8.81. The molecule has 1 aliphatic heterocycles. The fourth-order valence-electron chi connectivity index (χ4n) is 2.44. The Morgan fingerprint density at radius 3 is 2.60 bits per heavy atom. The third kappa shape index (κ3) is 3.86. The van der Waals surface area contributed by atoms with Crippen molar-refractivity contribution in [3.8, 4) is 5.75 Å². The minimum Gasteiger partial charge on any atom is -0.490 e. The van der Waals surface area contributed by atoms with Gasteiger partial charge in [0.05, 0.1) is 10.6 Å². The number of piperidine rings is 1. The van der Waals surface area contributed by atoms with Crippen molar-refractivity contribution >= 4 is 15.5 Å². The van der Waals surface area contributed by atoms with Gasteiger partial charge in [-0.15, -0.1) is 0 Å². The highest BCUT2D eigenvalue weighted by molar-refractivity contribution is 7.90. The molecule has 0 bridgehead atoms. The van der Waals surface area contributed by atoms with Crippen LogP contribution in [0.5, 0.6) is 5.75 Å². The zero-order valence-electron chi connectivity index (χ0n) is 11.8. The fourth-order valence-corrected chi connectivity index (χ4v) is 3.27. The smallest absolute Gasteiger partial charge is 0.177 e. The van der Waals surface area contributed by atoms with Gasteiger partial charge in [0.15, 0.2) is 9.84 Å². The highest BCUT2D eigenvalue weighted by Gasteiger charge is 2.15. The van der Waals surface area contributed by atoms with Crippen molar-refractivity contribution in [3.05, 3.63) is 18.2 Å². The van der Waals surface area contributed by atoms with Gasteiger partial charge in [-0.2, -0.15) is 0 Å². The summed E-state index contributed by atoms with van der Waals surface area (Å²) in [4.78, 5) is 2.49. The number of rotatable bonds is 5. The van der Waals surface area contributed by atoms with Gasteiger partial charge in [0, 0.05) is 12.8 Å². The number of anilines is 1. The fraction of sp³-hybridized carbons (Fsp3) is 0.571. The highest BCUT2D eigenvalue weighted by Crippen LogP contribution is 2.28. The third-order valence-electron chi connectivity index (χ3n) is 3.54. The number of hydrogen-bond acceptors (Lipinski definition) is 5. The second kappa shape index (κ2) is 6.45. The van der Waals surface area contributed by atoms with Gasteiger partial charge in [-0.3, -0.25) is 4.90 Å². The van der Waals surface area contributed by atoms with Crippen LogP contribution in [0.3, 0.4) is 0 Å². The maximum Gasteiger partial charge on any atom is 0.177 e. The molecule has 0 unspecified atom stereocenters. The van der Waals surface area contributed by atoms with Crippen LogP contribution in [0, 0.1) is 0 Å². The maximum atomic E-state index is 11.6. The minimum absolute atomic E-state index is 0.132. The van der Waals surface area contributed by atoms with Crippen molar-refractivity contribution in [2.45, 2.75) is 24.2 Å². The molecule has 0 spiro atoms. The third-order valence-corrected chi connectivity index (χ3v) is 4.69. The van der Waals surface area contributed by atoms with Crippen molar-refractivity contribution in [2.75, 3.05) is 38.2 Å². The maximum absolute atomic E-state index is 11.6. The van der Waals surface area contributed by atoms with Crippen LogP contribution in [0.25, 0.3) is 0 Å². The monoisotopic (exact) mass is 298 g/mol. The summed E-state index contributed by atoms with van der Waals surface area (Å²) < 4.78 is 28.8. The van der Waals surface area contributed by atoms with E-state index in [4.69, 9.17) is 10.5 Å². The van der Waals surface area contributed by atoms with E-state index in [1.165, 1.54) is 25.3 Å². The van der Waals surface area contributed by atoms with Crippen LogP contribution >= 0.6 is 0 Å². The lowest BCUT2D eigenvalue weighted by molar-refractivity contribution is 0.183. The van der Waals surface area contributed by atoms with Gasteiger partial charge >= 0.3 is 0 Å². The van der Waals surface area contributed by atoms with E-state index in [2.05, 4.69) is 4.90 Å². The lowest BCUT2D eigenvalue weighted by atomic mass is 10.1. The Hall–Kier alpha value is -1.27. The van der Waals surface area contributed by atoms with Gasteiger partial charge in [-0.05, 0) is 38.1 Å². The van der Waals surface area contributed by atoms with Crippen molar-refractivity contribution < 1.29 is 13.2 Å². The topological polar surface area (TPSA) is 72.6 Å². The number of likely N-dealkylation sites (tertiary alicyclic amines) is 1. The normalized spacial score (nSPS) is 17.1. The summed E-state index contributed by atoms with van der Waals surface area (Å²) in [7, 11) is -3.32. The van der Waals surface area contributed by atoms with Gasteiger partial charge in [0.2, 0.25) is 0 Å². The van der Waals surface area contributed by atoms with Gasteiger partial charge in [-0.1, -0.05) is 12.5 Å². The molecule has 1 aromatic carbocycles. The number of nitrogens with zero attached hydrogens (tertiary/aromatic N) is 1. The Balaban J connectivity index is 1.96. The molecule has 0 aliphatic carbocycles. The molecular weight excluding hydrogens is 276 g/mol. The van der Waals surface area contributed by atoms with Crippen LogP contribution in [-0.4, -0.2) is 45.8 Å². The first kappa shape index (κ1) is 15.1. The molecular formula is C14H22N2O3S. The molecule has 0 aromatic heterocycles. The summed E-state index contributed by atoms with van der Waals surface area (Å²) in [5, 5.41) is 0. The molecule has 1 heterocycles. The average Bonchev–Trinajstić information content (AvgIpc) is 2.40. The van der Waals surface area contributed by atoms with Gasteiger partial charge < -0.3 is 10.5 Å². The van der Waals surface area contributed by atoms with E-state index in [0.717, 1.165) is 25.9 Å².